The first-order valence-corrected chi connectivity index (χ1v) is 5.66. The first-order chi connectivity index (χ1) is 6.68. The SMILES string of the molecule is CC(C1CC1)N1CCCC1CC(=O)O. The van der Waals surface area contributed by atoms with E-state index < -0.39 is 5.97 Å². The molecule has 2 rings (SSSR count). The maximum Gasteiger partial charge on any atom is 0.304 e. The van der Waals surface area contributed by atoms with E-state index in [1.54, 1.807) is 0 Å². The number of hydrogen-bond donors (Lipinski definition) is 1. The van der Waals surface area contributed by atoms with Crippen LogP contribution in [0.3, 0.4) is 0 Å². The summed E-state index contributed by atoms with van der Waals surface area (Å²) >= 11 is 0. The summed E-state index contributed by atoms with van der Waals surface area (Å²) in [6.07, 6.45) is 5.27. The molecule has 0 radical (unpaired) electrons. The van der Waals surface area contributed by atoms with Gasteiger partial charge in [-0.05, 0) is 45.1 Å². The molecule has 3 heteroatoms. The van der Waals surface area contributed by atoms with Crippen LogP contribution in [0.4, 0.5) is 0 Å². The highest BCUT2D eigenvalue weighted by Crippen LogP contribution is 2.38. The molecule has 1 N–H and O–H groups in total. The first-order valence-electron chi connectivity index (χ1n) is 5.66. The van der Waals surface area contributed by atoms with Gasteiger partial charge in [0.15, 0.2) is 0 Å². The highest BCUT2D eigenvalue weighted by molar-refractivity contribution is 5.67. The number of carboxylic acid groups (broad SMARTS) is 1. The number of rotatable bonds is 4. The number of carboxylic acids is 1. The van der Waals surface area contributed by atoms with E-state index in [4.69, 9.17) is 5.11 Å². The predicted molar refractivity (Wildman–Crippen MR) is 54.2 cm³/mol. The van der Waals surface area contributed by atoms with Gasteiger partial charge in [0.05, 0.1) is 6.42 Å². The van der Waals surface area contributed by atoms with Gasteiger partial charge in [0.2, 0.25) is 0 Å². The molecular weight excluding hydrogens is 178 g/mol. The van der Waals surface area contributed by atoms with Crippen LogP contribution in [0, 0.1) is 5.92 Å². The molecule has 0 aromatic rings. The highest BCUT2D eigenvalue weighted by Gasteiger charge is 2.37. The molecule has 0 amide bonds. The number of nitrogens with zero attached hydrogens (tertiary/aromatic N) is 1. The lowest BCUT2D eigenvalue weighted by Gasteiger charge is -2.29. The van der Waals surface area contributed by atoms with Crippen molar-refractivity contribution in [1.82, 2.24) is 4.90 Å². The van der Waals surface area contributed by atoms with Crippen molar-refractivity contribution in [2.75, 3.05) is 6.54 Å². The summed E-state index contributed by atoms with van der Waals surface area (Å²) in [6, 6.07) is 0.921. The van der Waals surface area contributed by atoms with Gasteiger partial charge in [0, 0.05) is 12.1 Å². The minimum Gasteiger partial charge on any atom is -0.481 e. The highest BCUT2D eigenvalue weighted by atomic mass is 16.4. The summed E-state index contributed by atoms with van der Waals surface area (Å²) in [7, 11) is 0. The maximum atomic E-state index is 10.7. The van der Waals surface area contributed by atoms with Crippen molar-refractivity contribution in [3.8, 4) is 0 Å². The fourth-order valence-corrected chi connectivity index (χ4v) is 2.66. The van der Waals surface area contributed by atoms with E-state index in [-0.39, 0.29) is 0 Å². The van der Waals surface area contributed by atoms with E-state index in [0.717, 1.165) is 18.9 Å². The number of hydrogen-bond acceptors (Lipinski definition) is 2. The zero-order valence-corrected chi connectivity index (χ0v) is 8.78. The molecule has 1 aliphatic carbocycles. The molecule has 1 aliphatic heterocycles. The van der Waals surface area contributed by atoms with E-state index in [1.165, 1.54) is 19.3 Å². The molecule has 0 aromatic heterocycles. The van der Waals surface area contributed by atoms with Gasteiger partial charge in [-0.25, -0.2) is 0 Å². The van der Waals surface area contributed by atoms with E-state index >= 15 is 0 Å². The molecule has 1 saturated carbocycles. The summed E-state index contributed by atoms with van der Waals surface area (Å²) in [5.41, 5.74) is 0. The Morgan fingerprint density at radius 1 is 1.50 bits per heavy atom. The van der Waals surface area contributed by atoms with Crippen LogP contribution >= 0.6 is 0 Å². The minimum absolute atomic E-state index is 0.308. The Labute approximate surface area is 85.1 Å². The molecule has 1 saturated heterocycles. The lowest BCUT2D eigenvalue weighted by molar-refractivity contribution is -0.138. The lowest BCUT2D eigenvalue weighted by Crippen LogP contribution is -2.39. The van der Waals surface area contributed by atoms with Crippen LogP contribution in [-0.2, 0) is 4.79 Å². The largest absolute Gasteiger partial charge is 0.481 e. The molecule has 2 unspecified atom stereocenters. The molecule has 3 nitrogen and oxygen atoms in total. The van der Waals surface area contributed by atoms with Gasteiger partial charge >= 0.3 is 5.97 Å². The quantitative estimate of drug-likeness (QED) is 0.746. The second kappa shape index (κ2) is 3.89. The van der Waals surface area contributed by atoms with Gasteiger partial charge in [-0.15, -0.1) is 0 Å². The van der Waals surface area contributed by atoms with Crippen LogP contribution in [0.25, 0.3) is 0 Å². The zero-order valence-electron chi connectivity index (χ0n) is 8.78. The van der Waals surface area contributed by atoms with Crippen LogP contribution in [-0.4, -0.2) is 34.6 Å². The van der Waals surface area contributed by atoms with Gasteiger partial charge in [0.25, 0.3) is 0 Å². The van der Waals surface area contributed by atoms with Crippen LogP contribution < -0.4 is 0 Å². The number of likely N-dealkylation sites (tertiary alicyclic amines) is 1. The fourth-order valence-electron chi connectivity index (χ4n) is 2.66. The molecule has 14 heavy (non-hydrogen) atoms. The van der Waals surface area contributed by atoms with Crippen molar-refractivity contribution < 1.29 is 9.90 Å². The maximum absolute atomic E-state index is 10.7. The third-order valence-corrected chi connectivity index (χ3v) is 3.66. The van der Waals surface area contributed by atoms with Crippen molar-refractivity contribution in [3.63, 3.8) is 0 Å². The normalized spacial score (nSPS) is 30.5. The standard InChI is InChI=1S/C11H19NO2/c1-8(9-4-5-9)12-6-2-3-10(12)7-11(13)14/h8-10H,2-7H2,1H3,(H,13,14). The fraction of sp³-hybridized carbons (Fsp3) is 0.909. The Bertz CT molecular complexity index is 225. The zero-order chi connectivity index (χ0) is 10.1. The summed E-state index contributed by atoms with van der Waals surface area (Å²) in [5, 5.41) is 8.80. The van der Waals surface area contributed by atoms with Crippen LogP contribution in [0.15, 0.2) is 0 Å². The average Bonchev–Trinajstić information content (AvgIpc) is 2.86. The lowest BCUT2D eigenvalue weighted by atomic mass is 10.1. The Balaban J connectivity index is 1.91. The monoisotopic (exact) mass is 197 g/mol. The van der Waals surface area contributed by atoms with Crippen molar-refractivity contribution in [1.29, 1.82) is 0 Å². The van der Waals surface area contributed by atoms with Crippen molar-refractivity contribution in [3.05, 3.63) is 0 Å². The van der Waals surface area contributed by atoms with Gasteiger partial charge in [0.1, 0.15) is 0 Å². The molecule has 80 valence electrons. The van der Waals surface area contributed by atoms with E-state index in [0.29, 0.717) is 18.5 Å². The number of carbonyl (C=O) groups is 1. The summed E-state index contributed by atoms with van der Waals surface area (Å²) in [4.78, 5) is 13.1. The van der Waals surface area contributed by atoms with Crippen LogP contribution in [0.2, 0.25) is 0 Å². The molecule has 0 spiro atoms. The smallest absolute Gasteiger partial charge is 0.304 e. The second-order valence-electron chi connectivity index (χ2n) is 4.71. The summed E-state index contributed by atoms with van der Waals surface area (Å²) < 4.78 is 0. The third-order valence-electron chi connectivity index (χ3n) is 3.66. The van der Waals surface area contributed by atoms with Crippen molar-refractivity contribution in [2.24, 2.45) is 5.92 Å². The average molecular weight is 197 g/mol. The Morgan fingerprint density at radius 2 is 2.21 bits per heavy atom. The Morgan fingerprint density at radius 3 is 2.79 bits per heavy atom. The van der Waals surface area contributed by atoms with Crippen molar-refractivity contribution in [2.45, 2.75) is 51.1 Å². The van der Waals surface area contributed by atoms with E-state index in [1.807, 2.05) is 0 Å². The topological polar surface area (TPSA) is 40.5 Å². The third kappa shape index (κ3) is 2.08. The molecule has 0 bridgehead atoms. The predicted octanol–water partition coefficient (Wildman–Crippen LogP) is 1.72. The van der Waals surface area contributed by atoms with Crippen LogP contribution in [0.5, 0.6) is 0 Å². The Hall–Kier alpha value is -0.570. The second-order valence-corrected chi connectivity index (χ2v) is 4.71. The van der Waals surface area contributed by atoms with Gasteiger partial charge in [-0.1, -0.05) is 0 Å². The van der Waals surface area contributed by atoms with E-state index in [9.17, 15) is 4.79 Å². The molecule has 2 aliphatic rings. The summed E-state index contributed by atoms with van der Waals surface area (Å²) in [5.74, 6) is 0.203. The number of aliphatic carboxylic acids is 1. The van der Waals surface area contributed by atoms with Gasteiger partial charge < -0.3 is 5.11 Å². The van der Waals surface area contributed by atoms with Gasteiger partial charge in [-0.3, -0.25) is 9.69 Å². The molecule has 1 heterocycles. The van der Waals surface area contributed by atoms with Gasteiger partial charge in [-0.2, -0.15) is 0 Å². The Kier molecular flexibility index (Phi) is 2.77. The minimum atomic E-state index is -0.648. The molecule has 0 aromatic carbocycles. The van der Waals surface area contributed by atoms with Crippen molar-refractivity contribution >= 4 is 5.97 Å². The molecule has 2 atom stereocenters. The molecular formula is C11H19NO2. The summed E-state index contributed by atoms with van der Waals surface area (Å²) in [6.45, 7) is 3.37. The van der Waals surface area contributed by atoms with E-state index in [2.05, 4.69) is 11.8 Å². The first kappa shape index (κ1) is 9.97. The van der Waals surface area contributed by atoms with Crippen LogP contribution in [0.1, 0.15) is 39.0 Å². The molecule has 2 fully saturated rings.